The van der Waals surface area contributed by atoms with Gasteiger partial charge in [0.1, 0.15) is 11.6 Å². The molecular weight excluding hydrogens is 1170 g/mol. The van der Waals surface area contributed by atoms with Crippen LogP contribution in [-0.2, 0) is 28.7 Å². The molecule has 4 N–H and O–H groups in total. The number of nitrogens with one attached hydrogen (secondary N) is 4. The highest BCUT2D eigenvalue weighted by Crippen LogP contribution is 2.55. The number of carbonyl (C=O) groups is 2. The van der Waals surface area contributed by atoms with Crippen molar-refractivity contribution < 1.29 is 52.3 Å². The monoisotopic (exact) mass is 1260 g/mol. The van der Waals surface area contributed by atoms with Crippen LogP contribution in [-0.4, -0.2) is 150 Å². The molecule has 2 aliphatic heterocycles. The van der Waals surface area contributed by atoms with Crippen LogP contribution in [0.5, 0.6) is 0 Å². The van der Waals surface area contributed by atoms with Crippen molar-refractivity contribution in [3.63, 3.8) is 0 Å². The van der Waals surface area contributed by atoms with E-state index in [0.29, 0.717) is 11.1 Å². The van der Waals surface area contributed by atoms with Gasteiger partial charge >= 0.3 is 19.0 Å². The number of nitrogens with zero attached hydrogens (tertiary/aromatic N) is 7. The highest BCUT2D eigenvalue weighted by molar-refractivity contribution is 7.53. The largest absolute Gasteiger partial charge is 0.811 e. The number of carbonyl (C=O) groups excluding carboxylic acids is 2. The van der Waals surface area contributed by atoms with Gasteiger partial charge in [0.05, 0.1) is 70.2 Å². The third-order valence-electron chi connectivity index (χ3n) is 15.9. The van der Waals surface area contributed by atoms with Crippen LogP contribution in [0.4, 0.5) is 11.6 Å². The second-order valence-corrected chi connectivity index (χ2v) is 25.9. The van der Waals surface area contributed by atoms with Crippen LogP contribution in [0.2, 0.25) is 0 Å². The van der Waals surface area contributed by atoms with Gasteiger partial charge in [-0.2, -0.15) is 9.97 Å². The Morgan fingerprint density at radius 1 is 0.562 bits per heavy atom. The first-order valence-corrected chi connectivity index (χ1v) is 33.6. The smallest absolute Gasteiger partial charge is 0.351 e. The second-order valence-electron chi connectivity index (χ2n) is 21.7. The number of ether oxygens (including phenoxy) is 2. The Morgan fingerprint density at radius 3 is 1.28 bits per heavy atom. The standard InChI is InChI=1S/C53H55N9O11P2.2C6H15N/c1-58(2)75(70,60-33-44(37-74(67,68)69)73-48(35-60)62-31-29-46(57-52(62)66)55-50(64)39-20-10-4-11-21-39)71-36-43-32-59(34-47(72-43)61-30-28-45(56-51(61)65)54-49(63)38-18-8-3-9-19-38)53(40-22-12-5-13-23-40,41-24-14-6-15-25-41)42-26-16-7-17-27-42;2*1-4-7(5-2)6-3/h3-31,43-44,47-48H,32-37H2,1-2H3,(H2,67,68,69)(H,54,56,63,65)(H,55,57,64,66);2*4-6H2,1-3H3/t43-,44-,47+,48+,75?;;/m0../s1. The average molecular weight is 1260 g/mol. The van der Waals surface area contributed by atoms with Crippen molar-refractivity contribution >= 4 is 38.7 Å². The summed E-state index contributed by atoms with van der Waals surface area (Å²) in [6.45, 7) is 20.2. The molecule has 0 bridgehead atoms. The van der Waals surface area contributed by atoms with Crippen LogP contribution < -0.4 is 41.6 Å². The summed E-state index contributed by atoms with van der Waals surface area (Å²) in [6.07, 6.45) is -2.93. The number of hydrogen-bond donors (Lipinski definition) is 4. The molecule has 2 saturated heterocycles. The van der Waals surface area contributed by atoms with E-state index in [9.17, 15) is 33.5 Å². The molecular formula is C65H85N11O11P2. The van der Waals surface area contributed by atoms with Crippen LogP contribution >= 0.6 is 15.3 Å². The molecule has 22 nitrogen and oxygen atoms in total. The van der Waals surface area contributed by atoms with Crippen molar-refractivity contribution in [2.24, 2.45) is 0 Å². The van der Waals surface area contributed by atoms with Crippen molar-refractivity contribution in [2.75, 3.05) is 103 Å². The normalized spacial score (nSPS) is 18.0. The van der Waals surface area contributed by atoms with Gasteiger partial charge in [-0.15, -0.1) is 0 Å². The fourth-order valence-electron chi connectivity index (χ4n) is 11.0. The summed E-state index contributed by atoms with van der Waals surface area (Å²) in [4.78, 5) is 92.1. The SMILES string of the molecule is CC[NH+](CC)CC.CC[NH+](CC)CC.CN(C)P(=O)(OC[C@@H]1CN(C(c2ccccc2)(c2ccccc2)c2ccccc2)C[C@H](n2ccc(NC(=O)c3ccccc3)nc2=O)O1)N1C[C@@H](CP(=O)([O-])[O-])O[C@@H](n2ccc(NC(=O)c3ccccc3)nc2=O)C1. The molecule has 5 aromatic carbocycles. The first-order chi connectivity index (χ1) is 42.8. The number of benzene rings is 5. The lowest BCUT2D eigenvalue weighted by atomic mass is 9.75. The third-order valence-corrected chi connectivity index (χ3v) is 19.3. The summed E-state index contributed by atoms with van der Waals surface area (Å²) in [6, 6.07) is 49.2. The molecule has 4 heterocycles. The lowest BCUT2D eigenvalue weighted by molar-refractivity contribution is -0.894. The molecule has 24 heteroatoms. The fraction of sp³-hybridized carbons (Fsp3) is 0.385. The Kier molecular flexibility index (Phi) is 25.8. The van der Waals surface area contributed by atoms with E-state index in [-0.39, 0.29) is 44.4 Å². The van der Waals surface area contributed by atoms with Crippen LogP contribution in [0, 0.1) is 0 Å². The maximum absolute atomic E-state index is 15.6. The van der Waals surface area contributed by atoms with E-state index in [2.05, 4.69) is 67.0 Å². The highest BCUT2D eigenvalue weighted by atomic mass is 31.2. The molecule has 89 heavy (non-hydrogen) atoms. The van der Waals surface area contributed by atoms with E-state index in [0.717, 1.165) is 21.3 Å². The Morgan fingerprint density at radius 2 is 0.933 bits per heavy atom. The number of amides is 2. The van der Waals surface area contributed by atoms with Crippen molar-refractivity contribution in [3.05, 3.63) is 225 Å². The van der Waals surface area contributed by atoms with E-state index < -0.39 is 74.8 Å². The number of anilines is 2. The van der Waals surface area contributed by atoms with Crippen molar-refractivity contribution in [1.29, 1.82) is 0 Å². The minimum Gasteiger partial charge on any atom is -0.811 e. The summed E-state index contributed by atoms with van der Waals surface area (Å²) in [5, 5.41) is 5.27. The molecule has 7 aromatic rings. The minimum atomic E-state index is -5.25. The summed E-state index contributed by atoms with van der Waals surface area (Å²) in [7, 11) is -6.50. The molecule has 0 spiro atoms. The van der Waals surface area contributed by atoms with Gasteiger partial charge in [0.25, 0.3) is 11.8 Å². The molecule has 2 fully saturated rings. The molecule has 5 atom stereocenters. The molecule has 0 aliphatic carbocycles. The first-order valence-electron chi connectivity index (χ1n) is 30.3. The Balaban J connectivity index is 0.000000721. The zero-order chi connectivity index (χ0) is 64.1. The van der Waals surface area contributed by atoms with Crippen molar-refractivity contribution in [2.45, 2.75) is 71.7 Å². The lowest BCUT2D eigenvalue weighted by Crippen LogP contribution is -3.11. The van der Waals surface area contributed by atoms with Gasteiger partial charge in [-0.3, -0.25) is 28.2 Å². The molecule has 0 radical (unpaired) electrons. The van der Waals surface area contributed by atoms with Gasteiger partial charge < -0.3 is 48.8 Å². The van der Waals surface area contributed by atoms with Gasteiger partial charge in [-0.1, -0.05) is 135 Å². The van der Waals surface area contributed by atoms with Crippen molar-refractivity contribution in [3.8, 4) is 0 Å². The zero-order valence-electron chi connectivity index (χ0n) is 52.1. The fourth-order valence-corrected chi connectivity index (χ4v) is 13.7. The maximum atomic E-state index is 15.6. The Bertz CT molecular complexity index is 3420. The van der Waals surface area contributed by atoms with Gasteiger partial charge in [0, 0.05) is 49.3 Å². The zero-order valence-corrected chi connectivity index (χ0v) is 53.8. The van der Waals surface area contributed by atoms with Crippen LogP contribution in [0.1, 0.15) is 91.4 Å². The number of rotatable bonds is 23. The predicted octanol–water partition coefficient (Wildman–Crippen LogP) is 4.86. The van der Waals surface area contributed by atoms with Gasteiger partial charge in [-0.05, 0) is 109 Å². The molecule has 1 unspecified atom stereocenters. The van der Waals surface area contributed by atoms with E-state index in [1.54, 1.807) is 70.5 Å². The van der Waals surface area contributed by atoms with Gasteiger partial charge in [0.15, 0.2) is 12.5 Å². The topological polar surface area (TPSA) is 255 Å². The minimum absolute atomic E-state index is 0.0213. The molecule has 0 saturated carbocycles. The summed E-state index contributed by atoms with van der Waals surface area (Å²) < 4.78 is 52.3. The summed E-state index contributed by atoms with van der Waals surface area (Å²) in [5.41, 5.74) is 0.713. The Labute approximate surface area is 521 Å². The lowest BCUT2D eigenvalue weighted by Gasteiger charge is -2.51. The number of aromatic nitrogens is 4. The molecule has 476 valence electrons. The summed E-state index contributed by atoms with van der Waals surface area (Å²) in [5.74, 6) is -1.02. The maximum Gasteiger partial charge on any atom is 0.351 e. The van der Waals surface area contributed by atoms with Crippen LogP contribution in [0.3, 0.4) is 0 Å². The number of morpholine rings is 2. The molecule has 2 aromatic heterocycles. The Hall–Kier alpha value is -7.14. The number of hydrogen-bond acceptors (Lipinski definition) is 14. The van der Waals surface area contributed by atoms with Crippen LogP contribution in [0.25, 0.3) is 0 Å². The average Bonchev–Trinajstić information content (AvgIpc) is 0.801. The third kappa shape index (κ3) is 18.3. The van der Waals surface area contributed by atoms with Crippen molar-refractivity contribution in [1.82, 2.24) is 33.3 Å². The van der Waals surface area contributed by atoms with Gasteiger partial charge in [-0.25, -0.2) is 18.9 Å². The predicted molar refractivity (Wildman–Crippen MR) is 341 cm³/mol. The first kappa shape index (κ1) is 69.3. The highest BCUT2D eigenvalue weighted by Gasteiger charge is 2.48. The molecule has 2 amide bonds. The second kappa shape index (κ2) is 33.1. The van der Waals surface area contributed by atoms with Gasteiger partial charge in [0.2, 0.25) is 0 Å². The van der Waals surface area contributed by atoms with E-state index in [4.69, 9.17) is 14.0 Å². The van der Waals surface area contributed by atoms with Crippen LogP contribution in [0.15, 0.2) is 186 Å². The number of quaternary nitrogens is 2. The van der Waals surface area contributed by atoms with E-state index in [1.807, 2.05) is 91.0 Å². The molecule has 2 aliphatic rings. The summed E-state index contributed by atoms with van der Waals surface area (Å²) >= 11 is 0. The molecule has 9 rings (SSSR count). The van der Waals surface area contributed by atoms with E-state index >= 15 is 4.57 Å². The van der Waals surface area contributed by atoms with E-state index in [1.165, 1.54) is 91.8 Å². The quantitative estimate of drug-likeness (QED) is 0.0493.